The molecule has 0 saturated heterocycles. The van der Waals surface area contributed by atoms with Crippen LogP contribution in [0.15, 0.2) is 18.2 Å². The first-order valence-corrected chi connectivity index (χ1v) is 8.34. The molecule has 6 nitrogen and oxygen atoms in total. The van der Waals surface area contributed by atoms with Gasteiger partial charge in [0.15, 0.2) is 0 Å². The molecule has 0 aromatic heterocycles. The molecule has 0 unspecified atom stereocenters. The number of hydrogen-bond donors (Lipinski definition) is 1. The van der Waals surface area contributed by atoms with Gasteiger partial charge in [0, 0.05) is 32.0 Å². The summed E-state index contributed by atoms with van der Waals surface area (Å²) in [4.78, 5) is 25.7. The molecule has 0 heterocycles. The predicted octanol–water partition coefficient (Wildman–Crippen LogP) is 2.51. The number of ether oxygens (including phenoxy) is 2. The lowest BCUT2D eigenvalue weighted by atomic mass is 10.2. The third kappa shape index (κ3) is 4.63. The van der Waals surface area contributed by atoms with Gasteiger partial charge in [0.05, 0.1) is 19.9 Å². The average molecular weight is 334 g/mol. The van der Waals surface area contributed by atoms with Gasteiger partial charge in [-0.1, -0.05) is 12.8 Å². The number of carbonyl (C=O) groups is 2. The summed E-state index contributed by atoms with van der Waals surface area (Å²) in [5, 5.41) is 3.04. The first kappa shape index (κ1) is 18.1. The van der Waals surface area contributed by atoms with Crippen molar-refractivity contribution in [1.82, 2.24) is 5.32 Å². The maximum Gasteiger partial charge on any atom is 0.223 e. The molecule has 0 atom stereocenters. The minimum atomic E-state index is -0.132. The highest BCUT2D eigenvalue weighted by molar-refractivity contribution is 5.94. The van der Waals surface area contributed by atoms with Crippen molar-refractivity contribution in [3.8, 4) is 11.5 Å². The van der Waals surface area contributed by atoms with Gasteiger partial charge in [-0.3, -0.25) is 9.59 Å². The molecule has 6 heteroatoms. The minimum Gasteiger partial charge on any atom is -0.497 e. The summed E-state index contributed by atoms with van der Waals surface area (Å²) in [6.07, 6.45) is 4.72. The highest BCUT2D eigenvalue weighted by Crippen LogP contribution is 2.32. The van der Waals surface area contributed by atoms with Crippen LogP contribution in [-0.4, -0.2) is 38.6 Å². The van der Waals surface area contributed by atoms with E-state index in [2.05, 4.69) is 5.32 Å². The molecule has 0 bridgehead atoms. The standard InChI is InChI=1S/C18H26N2O4/c1-13(21)20(11-10-18(22)19-14-6-4-5-7-14)16-9-8-15(23-2)12-17(16)24-3/h8-9,12,14H,4-7,10-11H2,1-3H3,(H,19,22). The van der Waals surface area contributed by atoms with E-state index in [1.165, 1.54) is 19.8 Å². The van der Waals surface area contributed by atoms with E-state index in [1.54, 1.807) is 37.3 Å². The molecule has 1 aromatic rings. The van der Waals surface area contributed by atoms with E-state index in [-0.39, 0.29) is 18.2 Å². The molecule has 132 valence electrons. The first-order chi connectivity index (χ1) is 11.5. The van der Waals surface area contributed by atoms with Crippen LogP contribution in [0.5, 0.6) is 11.5 Å². The van der Waals surface area contributed by atoms with E-state index in [9.17, 15) is 9.59 Å². The van der Waals surface area contributed by atoms with Gasteiger partial charge in [-0.25, -0.2) is 0 Å². The van der Waals surface area contributed by atoms with Crippen LogP contribution in [0.1, 0.15) is 39.0 Å². The summed E-state index contributed by atoms with van der Waals surface area (Å²) in [6, 6.07) is 5.56. The molecule has 1 saturated carbocycles. The van der Waals surface area contributed by atoms with Gasteiger partial charge in [0.1, 0.15) is 11.5 Å². The van der Waals surface area contributed by atoms with Crippen LogP contribution in [0.25, 0.3) is 0 Å². The summed E-state index contributed by atoms with van der Waals surface area (Å²) in [5.41, 5.74) is 0.638. The molecule has 1 fully saturated rings. The highest BCUT2D eigenvalue weighted by Gasteiger charge is 2.20. The number of hydrogen-bond acceptors (Lipinski definition) is 4. The lowest BCUT2D eigenvalue weighted by molar-refractivity contribution is -0.121. The Balaban J connectivity index is 2.03. The second-order valence-corrected chi connectivity index (χ2v) is 6.01. The van der Waals surface area contributed by atoms with Gasteiger partial charge in [-0.15, -0.1) is 0 Å². The van der Waals surface area contributed by atoms with Crippen molar-refractivity contribution in [2.45, 2.75) is 45.1 Å². The highest BCUT2D eigenvalue weighted by atomic mass is 16.5. The number of amides is 2. The van der Waals surface area contributed by atoms with E-state index >= 15 is 0 Å². The monoisotopic (exact) mass is 334 g/mol. The fraction of sp³-hybridized carbons (Fsp3) is 0.556. The molecular formula is C18H26N2O4. The lowest BCUT2D eigenvalue weighted by Crippen LogP contribution is -2.37. The Labute approximate surface area is 143 Å². The van der Waals surface area contributed by atoms with Crippen LogP contribution >= 0.6 is 0 Å². The fourth-order valence-corrected chi connectivity index (χ4v) is 3.04. The number of methoxy groups -OCH3 is 2. The summed E-state index contributed by atoms with van der Waals surface area (Å²) in [5.74, 6) is 1.05. The number of rotatable bonds is 7. The van der Waals surface area contributed by atoms with Gasteiger partial charge < -0.3 is 19.7 Å². The Morgan fingerprint density at radius 3 is 2.50 bits per heavy atom. The third-order valence-electron chi connectivity index (χ3n) is 4.34. The second-order valence-electron chi connectivity index (χ2n) is 6.01. The normalized spacial score (nSPS) is 14.3. The molecule has 0 aliphatic heterocycles. The number of anilines is 1. The van der Waals surface area contributed by atoms with E-state index in [0.29, 0.717) is 29.8 Å². The van der Waals surface area contributed by atoms with Gasteiger partial charge in [-0.2, -0.15) is 0 Å². The molecule has 1 aliphatic carbocycles. The van der Waals surface area contributed by atoms with Crippen molar-refractivity contribution in [1.29, 1.82) is 0 Å². The number of benzene rings is 1. The van der Waals surface area contributed by atoms with Crippen molar-refractivity contribution >= 4 is 17.5 Å². The Morgan fingerprint density at radius 2 is 1.92 bits per heavy atom. The van der Waals surface area contributed by atoms with E-state index in [1.807, 2.05) is 0 Å². The summed E-state index contributed by atoms with van der Waals surface area (Å²) >= 11 is 0. The summed E-state index contributed by atoms with van der Waals surface area (Å²) in [6.45, 7) is 1.80. The molecule has 2 amide bonds. The van der Waals surface area contributed by atoms with Crippen molar-refractivity contribution in [2.75, 3.05) is 25.7 Å². The summed E-state index contributed by atoms with van der Waals surface area (Å²) in [7, 11) is 3.12. The molecule has 1 N–H and O–H groups in total. The van der Waals surface area contributed by atoms with Crippen LogP contribution < -0.4 is 19.7 Å². The molecular weight excluding hydrogens is 308 g/mol. The van der Waals surface area contributed by atoms with Gasteiger partial charge in [-0.05, 0) is 25.0 Å². The van der Waals surface area contributed by atoms with Crippen LogP contribution in [-0.2, 0) is 9.59 Å². The van der Waals surface area contributed by atoms with Crippen molar-refractivity contribution in [3.63, 3.8) is 0 Å². The maximum absolute atomic E-state index is 12.1. The molecule has 0 radical (unpaired) electrons. The molecule has 0 spiro atoms. The zero-order valence-corrected chi connectivity index (χ0v) is 14.6. The average Bonchev–Trinajstić information content (AvgIpc) is 3.07. The number of carbonyl (C=O) groups excluding carboxylic acids is 2. The van der Waals surface area contributed by atoms with Gasteiger partial charge in [0.2, 0.25) is 11.8 Å². The van der Waals surface area contributed by atoms with E-state index in [0.717, 1.165) is 12.8 Å². The van der Waals surface area contributed by atoms with Crippen LogP contribution in [0.3, 0.4) is 0 Å². The Kier molecular flexibility index (Phi) is 6.46. The minimum absolute atomic E-state index is 0.0133. The molecule has 2 rings (SSSR count). The quantitative estimate of drug-likeness (QED) is 0.832. The van der Waals surface area contributed by atoms with Crippen molar-refractivity contribution in [2.24, 2.45) is 0 Å². The third-order valence-corrected chi connectivity index (χ3v) is 4.34. The van der Waals surface area contributed by atoms with Gasteiger partial charge >= 0.3 is 0 Å². The number of nitrogens with one attached hydrogen (secondary N) is 1. The summed E-state index contributed by atoms with van der Waals surface area (Å²) < 4.78 is 10.5. The Morgan fingerprint density at radius 1 is 1.21 bits per heavy atom. The first-order valence-electron chi connectivity index (χ1n) is 8.34. The zero-order chi connectivity index (χ0) is 17.5. The predicted molar refractivity (Wildman–Crippen MR) is 92.6 cm³/mol. The largest absolute Gasteiger partial charge is 0.497 e. The number of nitrogens with zero attached hydrogens (tertiary/aromatic N) is 1. The molecule has 24 heavy (non-hydrogen) atoms. The van der Waals surface area contributed by atoms with Crippen LogP contribution in [0.4, 0.5) is 5.69 Å². The smallest absolute Gasteiger partial charge is 0.223 e. The van der Waals surface area contributed by atoms with Crippen LogP contribution in [0, 0.1) is 0 Å². The van der Waals surface area contributed by atoms with E-state index in [4.69, 9.17) is 9.47 Å². The fourth-order valence-electron chi connectivity index (χ4n) is 3.04. The Bertz CT molecular complexity index is 582. The SMILES string of the molecule is COc1ccc(N(CCC(=O)NC2CCCC2)C(C)=O)c(OC)c1. The Hall–Kier alpha value is -2.24. The topological polar surface area (TPSA) is 67.9 Å². The molecule has 1 aromatic carbocycles. The molecule has 1 aliphatic rings. The lowest BCUT2D eigenvalue weighted by Gasteiger charge is -2.24. The zero-order valence-electron chi connectivity index (χ0n) is 14.6. The second kappa shape index (κ2) is 8.57. The van der Waals surface area contributed by atoms with Gasteiger partial charge in [0.25, 0.3) is 0 Å². The van der Waals surface area contributed by atoms with Crippen molar-refractivity contribution < 1.29 is 19.1 Å². The van der Waals surface area contributed by atoms with E-state index < -0.39 is 0 Å². The maximum atomic E-state index is 12.1. The van der Waals surface area contributed by atoms with Crippen LogP contribution in [0.2, 0.25) is 0 Å². The van der Waals surface area contributed by atoms with Crippen molar-refractivity contribution in [3.05, 3.63) is 18.2 Å².